The lowest BCUT2D eigenvalue weighted by molar-refractivity contribution is -0.384. The molecule has 0 saturated heterocycles. The van der Waals surface area contributed by atoms with Crippen LogP contribution in [0.2, 0.25) is 0 Å². The van der Waals surface area contributed by atoms with Gasteiger partial charge in [0.05, 0.1) is 4.92 Å². The Balaban J connectivity index is 2.90. The first-order valence-electron chi connectivity index (χ1n) is 6.47. The summed E-state index contributed by atoms with van der Waals surface area (Å²) in [6.07, 6.45) is 2.13. The van der Waals surface area contributed by atoms with Crippen LogP contribution in [0.4, 0.5) is 11.4 Å². The van der Waals surface area contributed by atoms with Crippen LogP contribution in [0.1, 0.15) is 32.3 Å². The number of nitrogens with zero attached hydrogens (tertiary/aromatic N) is 2. The summed E-state index contributed by atoms with van der Waals surface area (Å²) in [6.45, 7) is 4.99. The Kier molecular flexibility index (Phi) is 5.72. The van der Waals surface area contributed by atoms with Crippen LogP contribution in [0.15, 0.2) is 18.2 Å². The number of hydrazine groups is 1. The number of hydrogen-bond donors (Lipinski definition) is 2. The van der Waals surface area contributed by atoms with E-state index in [1.54, 1.807) is 12.1 Å². The van der Waals surface area contributed by atoms with Crippen molar-refractivity contribution in [3.8, 4) is 0 Å². The number of nitro groups is 1. The number of nitrogens with one attached hydrogen (secondary N) is 1. The van der Waals surface area contributed by atoms with Gasteiger partial charge in [0.25, 0.3) is 5.69 Å². The number of rotatable bonds is 7. The fourth-order valence-corrected chi connectivity index (χ4v) is 2.28. The molecule has 0 aliphatic rings. The number of hydrogen-bond acceptors (Lipinski definition) is 5. The first kappa shape index (κ1) is 15.4. The van der Waals surface area contributed by atoms with Crippen molar-refractivity contribution in [2.45, 2.75) is 39.3 Å². The Morgan fingerprint density at radius 1 is 1.42 bits per heavy atom. The number of nitrogen functional groups attached to an aromatic ring is 1. The second-order valence-electron chi connectivity index (χ2n) is 4.64. The molecule has 0 fully saturated rings. The van der Waals surface area contributed by atoms with Gasteiger partial charge in [0.1, 0.15) is 5.69 Å². The highest BCUT2D eigenvalue weighted by atomic mass is 16.6. The first-order chi connectivity index (χ1) is 9.03. The molecule has 0 amide bonds. The van der Waals surface area contributed by atoms with Gasteiger partial charge >= 0.3 is 0 Å². The van der Waals surface area contributed by atoms with Crippen LogP contribution in [0.3, 0.4) is 0 Å². The van der Waals surface area contributed by atoms with Crippen molar-refractivity contribution in [3.05, 3.63) is 33.9 Å². The van der Waals surface area contributed by atoms with Crippen LogP contribution in [0, 0.1) is 10.1 Å². The number of nitrogens with two attached hydrogens (primary N) is 1. The van der Waals surface area contributed by atoms with Gasteiger partial charge in [-0.1, -0.05) is 19.9 Å². The Bertz CT molecular complexity index is 433. The van der Waals surface area contributed by atoms with Gasteiger partial charge < -0.3 is 5.43 Å². The summed E-state index contributed by atoms with van der Waals surface area (Å²) in [5.74, 6) is 5.27. The Hall–Kier alpha value is -1.66. The molecule has 1 rings (SSSR count). The number of nitro benzene ring substituents is 1. The molecule has 0 saturated carbocycles. The topological polar surface area (TPSA) is 84.4 Å². The first-order valence-corrected chi connectivity index (χ1v) is 6.47. The van der Waals surface area contributed by atoms with Crippen LogP contribution < -0.4 is 11.3 Å². The molecule has 19 heavy (non-hydrogen) atoms. The fourth-order valence-electron chi connectivity index (χ4n) is 2.28. The van der Waals surface area contributed by atoms with Crippen LogP contribution >= 0.6 is 0 Å². The molecule has 0 heterocycles. The largest absolute Gasteiger partial charge is 0.318 e. The quantitative estimate of drug-likeness (QED) is 0.450. The molecule has 0 aliphatic heterocycles. The summed E-state index contributed by atoms with van der Waals surface area (Å²) in [5.41, 5.74) is 3.61. The second kappa shape index (κ2) is 7.06. The molecular weight excluding hydrogens is 244 g/mol. The lowest BCUT2D eigenvalue weighted by Gasteiger charge is -2.26. The summed E-state index contributed by atoms with van der Waals surface area (Å²) in [7, 11) is 2.04. The Labute approximate surface area is 113 Å². The van der Waals surface area contributed by atoms with Gasteiger partial charge in [0.15, 0.2) is 0 Å². The molecule has 6 nitrogen and oxygen atoms in total. The van der Waals surface area contributed by atoms with E-state index < -0.39 is 4.92 Å². The SMILES string of the molecule is CCC(CC)N(C)Cc1ccc(NN)c([N+](=O)[O-])c1. The highest BCUT2D eigenvalue weighted by Gasteiger charge is 2.16. The van der Waals surface area contributed by atoms with Crippen LogP contribution in [0.25, 0.3) is 0 Å². The van der Waals surface area contributed by atoms with Crippen molar-refractivity contribution in [1.82, 2.24) is 4.90 Å². The van der Waals surface area contributed by atoms with E-state index in [1.807, 2.05) is 13.1 Å². The number of anilines is 1. The van der Waals surface area contributed by atoms with Gasteiger partial charge in [-0.05, 0) is 31.5 Å². The van der Waals surface area contributed by atoms with Gasteiger partial charge in [-0.25, -0.2) is 0 Å². The van der Waals surface area contributed by atoms with E-state index in [4.69, 9.17) is 5.84 Å². The maximum absolute atomic E-state index is 11.0. The zero-order valence-corrected chi connectivity index (χ0v) is 11.7. The maximum Gasteiger partial charge on any atom is 0.293 e. The van der Waals surface area contributed by atoms with Gasteiger partial charge in [-0.3, -0.25) is 20.9 Å². The standard InChI is InChI=1S/C13H22N4O2/c1-4-11(5-2)16(3)9-10-6-7-12(15-14)13(8-10)17(18)19/h6-8,11,15H,4-5,9,14H2,1-3H3. The molecule has 0 bridgehead atoms. The van der Waals surface area contributed by atoms with Crippen LogP contribution in [0.5, 0.6) is 0 Å². The molecule has 0 spiro atoms. The van der Waals surface area contributed by atoms with E-state index in [0.29, 0.717) is 18.3 Å². The van der Waals surface area contributed by atoms with Crippen LogP contribution in [-0.2, 0) is 6.54 Å². The van der Waals surface area contributed by atoms with E-state index in [9.17, 15) is 10.1 Å². The molecule has 1 aromatic rings. The van der Waals surface area contributed by atoms with Crippen molar-refractivity contribution in [1.29, 1.82) is 0 Å². The fraction of sp³-hybridized carbons (Fsp3) is 0.538. The van der Waals surface area contributed by atoms with E-state index in [-0.39, 0.29) is 5.69 Å². The highest BCUT2D eigenvalue weighted by Crippen LogP contribution is 2.25. The molecular formula is C13H22N4O2. The normalized spacial score (nSPS) is 11.1. The molecule has 0 unspecified atom stereocenters. The van der Waals surface area contributed by atoms with Gasteiger partial charge in [-0.2, -0.15) is 0 Å². The zero-order valence-electron chi connectivity index (χ0n) is 11.7. The summed E-state index contributed by atoms with van der Waals surface area (Å²) in [4.78, 5) is 12.8. The molecule has 0 atom stereocenters. The molecule has 6 heteroatoms. The smallest absolute Gasteiger partial charge is 0.293 e. The third-order valence-electron chi connectivity index (χ3n) is 3.41. The monoisotopic (exact) mass is 266 g/mol. The molecule has 0 radical (unpaired) electrons. The van der Waals surface area contributed by atoms with Gasteiger partial charge in [0.2, 0.25) is 0 Å². The predicted molar refractivity (Wildman–Crippen MR) is 76.7 cm³/mol. The van der Waals surface area contributed by atoms with Gasteiger partial charge in [-0.15, -0.1) is 0 Å². The number of benzene rings is 1. The maximum atomic E-state index is 11.0. The van der Waals surface area contributed by atoms with Gasteiger partial charge in [0, 0.05) is 18.7 Å². The molecule has 106 valence electrons. The minimum absolute atomic E-state index is 0.0120. The summed E-state index contributed by atoms with van der Waals surface area (Å²) in [6, 6.07) is 5.58. The van der Waals surface area contributed by atoms with Crippen molar-refractivity contribution in [3.63, 3.8) is 0 Å². The van der Waals surface area contributed by atoms with Crippen molar-refractivity contribution >= 4 is 11.4 Å². The van der Waals surface area contributed by atoms with E-state index in [0.717, 1.165) is 18.4 Å². The lowest BCUT2D eigenvalue weighted by Crippen LogP contribution is -2.30. The molecule has 1 aromatic carbocycles. The minimum atomic E-state index is -0.421. The molecule has 0 aliphatic carbocycles. The second-order valence-corrected chi connectivity index (χ2v) is 4.64. The average Bonchev–Trinajstić information content (AvgIpc) is 2.40. The van der Waals surface area contributed by atoms with Crippen molar-refractivity contribution in [2.75, 3.05) is 12.5 Å². The highest BCUT2D eigenvalue weighted by molar-refractivity contribution is 5.61. The van der Waals surface area contributed by atoms with Crippen molar-refractivity contribution in [2.24, 2.45) is 5.84 Å². The van der Waals surface area contributed by atoms with E-state index in [2.05, 4.69) is 24.2 Å². The summed E-state index contributed by atoms with van der Waals surface area (Å²) in [5, 5.41) is 11.0. The van der Waals surface area contributed by atoms with E-state index in [1.165, 1.54) is 0 Å². The van der Waals surface area contributed by atoms with Crippen molar-refractivity contribution < 1.29 is 4.92 Å². The Morgan fingerprint density at radius 2 is 2.05 bits per heavy atom. The third kappa shape index (κ3) is 3.90. The summed E-state index contributed by atoms with van der Waals surface area (Å²) < 4.78 is 0. The lowest BCUT2D eigenvalue weighted by atomic mass is 10.1. The Morgan fingerprint density at radius 3 is 2.53 bits per heavy atom. The predicted octanol–water partition coefficient (Wildman–Crippen LogP) is 2.50. The minimum Gasteiger partial charge on any atom is -0.318 e. The third-order valence-corrected chi connectivity index (χ3v) is 3.41. The van der Waals surface area contributed by atoms with E-state index >= 15 is 0 Å². The summed E-state index contributed by atoms with van der Waals surface area (Å²) >= 11 is 0. The van der Waals surface area contributed by atoms with Crippen LogP contribution in [-0.4, -0.2) is 22.9 Å². The zero-order chi connectivity index (χ0) is 14.4. The average molecular weight is 266 g/mol. The molecule has 0 aromatic heterocycles. The molecule has 3 N–H and O–H groups in total.